The molecule has 3 aromatic rings. The Morgan fingerprint density at radius 1 is 1.29 bits per heavy atom. The molecule has 1 aliphatic heterocycles. The van der Waals surface area contributed by atoms with E-state index in [0.29, 0.717) is 18.5 Å². The molecule has 1 aromatic carbocycles. The molecule has 3 heterocycles. The van der Waals surface area contributed by atoms with Gasteiger partial charge in [0.25, 0.3) is 5.91 Å². The zero-order chi connectivity index (χ0) is 24.5. The highest BCUT2D eigenvalue weighted by molar-refractivity contribution is 6.14. The SMILES string of the molecule is C=C[C@H]1CN(c2ccc(C(=O)Nc3cnccc3C(F)(F)F)c3nc(OC)ncc23)C[C@@H](C)N1. The zero-order valence-electron chi connectivity index (χ0n) is 18.6. The average Bonchev–Trinajstić information content (AvgIpc) is 2.82. The molecule has 0 saturated carbocycles. The number of nitrogens with one attached hydrogen (secondary N) is 2. The maximum atomic E-state index is 13.4. The van der Waals surface area contributed by atoms with E-state index in [1.54, 1.807) is 18.3 Å². The lowest BCUT2D eigenvalue weighted by Crippen LogP contribution is -2.54. The molecular formula is C23H23F3N6O2. The molecule has 0 spiro atoms. The molecule has 178 valence electrons. The summed E-state index contributed by atoms with van der Waals surface area (Å²) in [6.07, 6.45) is 0.714. The highest BCUT2D eigenvalue weighted by Gasteiger charge is 2.34. The summed E-state index contributed by atoms with van der Waals surface area (Å²) in [6, 6.07) is 4.38. The lowest BCUT2D eigenvalue weighted by atomic mass is 10.0. The third-order valence-electron chi connectivity index (χ3n) is 5.54. The van der Waals surface area contributed by atoms with Crippen molar-refractivity contribution in [2.45, 2.75) is 25.2 Å². The number of nitrogens with zero attached hydrogens (tertiary/aromatic N) is 4. The van der Waals surface area contributed by atoms with Crippen LogP contribution in [-0.2, 0) is 6.18 Å². The molecule has 2 atom stereocenters. The van der Waals surface area contributed by atoms with Gasteiger partial charge in [0.05, 0.1) is 35.6 Å². The van der Waals surface area contributed by atoms with Gasteiger partial charge in [0, 0.05) is 48.6 Å². The summed E-state index contributed by atoms with van der Waals surface area (Å²) >= 11 is 0. The topological polar surface area (TPSA) is 92.3 Å². The molecule has 2 N–H and O–H groups in total. The van der Waals surface area contributed by atoms with Gasteiger partial charge in [0.1, 0.15) is 0 Å². The second kappa shape index (κ2) is 9.26. The Labute approximate surface area is 193 Å². The van der Waals surface area contributed by atoms with Crippen molar-refractivity contribution < 1.29 is 22.7 Å². The van der Waals surface area contributed by atoms with E-state index in [9.17, 15) is 18.0 Å². The summed E-state index contributed by atoms with van der Waals surface area (Å²) in [7, 11) is 1.39. The Bertz CT molecular complexity index is 1230. The number of carbonyl (C=O) groups excluding carboxylic acids is 1. The summed E-state index contributed by atoms with van der Waals surface area (Å²) in [5, 5.41) is 6.34. The normalized spacial score (nSPS) is 18.6. The molecular weight excluding hydrogens is 449 g/mol. The Kier molecular flexibility index (Phi) is 6.38. The number of hydrogen-bond acceptors (Lipinski definition) is 7. The van der Waals surface area contributed by atoms with Gasteiger partial charge in [-0.25, -0.2) is 4.98 Å². The first-order valence-corrected chi connectivity index (χ1v) is 10.5. The minimum Gasteiger partial charge on any atom is -0.467 e. The number of amides is 1. The Balaban J connectivity index is 1.77. The second-order valence-corrected chi connectivity index (χ2v) is 7.94. The fourth-order valence-electron chi connectivity index (χ4n) is 4.03. The van der Waals surface area contributed by atoms with Crippen LogP contribution in [-0.4, -0.2) is 53.1 Å². The molecule has 0 radical (unpaired) electrons. The number of aromatic nitrogens is 3. The largest absolute Gasteiger partial charge is 0.467 e. The number of carbonyl (C=O) groups is 1. The van der Waals surface area contributed by atoms with E-state index in [1.165, 1.54) is 7.11 Å². The van der Waals surface area contributed by atoms with Gasteiger partial charge >= 0.3 is 12.2 Å². The quantitative estimate of drug-likeness (QED) is 0.548. The summed E-state index contributed by atoms with van der Waals surface area (Å²) in [5.41, 5.74) is -0.287. The fourth-order valence-corrected chi connectivity index (χ4v) is 4.03. The minimum absolute atomic E-state index is 0.0358. The van der Waals surface area contributed by atoms with Gasteiger partial charge in [-0.15, -0.1) is 6.58 Å². The molecule has 1 amide bonds. The van der Waals surface area contributed by atoms with Crippen molar-refractivity contribution in [3.05, 3.63) is 60.6 Å². The first-order chi connectivity index (χ1) is 16.2. The molecule has 2 aromatic heterocycles. The average molecular weight is 472 g/mol. The third kappa shape index (κ3) is 4.65. The maximum absolute atomic E-state index is 13.4. The smallest absolute Gasteiger partial charge is 0.418 e. The van der Waals surface area contributed by atoms with Crippen LogP contribution in [0.2, 0.25) is 0 Å². The maximum Gasteiger partial charge on any atom is 0.418 e. The fraction of sp³-hybridized carbons (Fsp3) is 0.304. The van der Waals surface area contributed by atoms with Gasteiger partial charge in [0.2, 0.25) is 0 Å². The van der Waals surface area contributed by atoms with E-state index in [0.717, 1.165) is 24.1 Å². The lowest BCUT2D eigenvalue weighted by Gasteiger charge is -2.38. The Morgan fingerprint density at radius 2 is 2.09 bits per heavy atom. The number of rotatable bonds is 5. The van der Waals surface area contributed by atoms with E-state index in [-0.39, 0.29) is 29.2 Å². The Morgan fingerprint density at radius 3 is 2.79 bits per heavy atom. The van der Waals surface area contributed by atoms with Gasteiger partial charge in [0.15, 0.2) is 0 Å². The molecule has 0 bridgehead atoms. The highest BCUT2D eigenvalue weighted by Crippen LogP contribution is 2.35. The third-order valence-corrected chi connectivity index (χ3v) is 5.54. The number of alkyl halides is 3. The second-order valence-electron chi connectivity index (χ2n) is 7.94. The van der Waals surface area contributed by atoms with E-state index < -0.39 is 23.3 Å². The summed E-state index contributed by atoms with van der Waals surface area (Å²) in [5.74, 6) is -0.756. The van der Waals surface area contributed by atoms with Crippen molar-refractivity contribution in [3.8, 4) is 6.01 Å². The molecule has 0 aliphatic carbocycles. The van der Waals surface area contributed by atoms with Gasteiger partial charge in [-0.3, -0.25) is 9.78 Å². The van der Waals surface area contributed by atoms with Crippen molar-refractivity contribution in [1.82, 2.24) is 20.3 Å². The predicted molar refractivity (Wildman–Crippen MR) is 122 cm³/mol. The number of fused-ring (bicyclic) bond motifs is 1. The highest BCUT2D eigenvalue weighted by atomic mass is 19.4. The summed E-state index contributed by atoms with van der Waals surface area (Å²) in [4.78, 5) is 27.5. The number of ether oxygens (including phenoxy) is 1. The van der Waals surface area contributed by atoms with Crippen LogP contribution in [0.4, 0.5) is 24.5 Å². The molecule has 34 heavy (non-hydrogen) atoms. The molecule has 1 aliphatic rings. The van der Waals surface area contributed by atoms with Gasteiger partial charge in [-0.2, -0.15) is 18.2 Å². The van der Waals surface area contributed by atoms with Gasteiger partial charge in [-0.05, 0) is 25.1 Å². The van der Waals surface area contributed by atoms with Crippen LogP contribution in [0.25, 0.3) is 10.9 Å². The van der Waals surface area contributed by atoms with Crippen LogP contribution in [0.5, 0.6) is 6.01 Å². The number of benzene rings is 1. The number of pyridine rings is 1. The van der Waals surface area contributed by atoms with Crippen LogP contribution >= 0.6 is 0 Å². The van der Waals surface area contributed by atoms with Crippen molar-refractivity contribution in [1.29, 1.82) is 0 Å². The van der Waals surface area contributed by atoms with E-state index in [4.69, 9.17) is 4.74 Å². The lowest BCUT2D eigenvalue weighted by molar-refractivity contribution is -0.137. The molecule has 8 nitrogen and oxygen atoms in total. The zero-order valence-corrected chi connectivity index (χ0v) is 18.6. The molecule has 11 heteroatoms. The molecule has 0 unspecified atom stereocenters. The summed E-state index contributed by atoms with van der Waals surface area (Å²) in [6.45, 7) is 7.26. The first-order valence-electron chi connectivity index (χ1n) is 10.5. The monoisotopic (exact) mass is 472 g/mol. The number of anilines is 2. The van der Waals surface area contributed by atoms with Gasteiger partial charge in [-0.1, -0.05) is 6.08 Å². The van der Waals surface area contributed by atoms with E-state index in [1.807, 2.05) is 6.08 Å². The molecule has 1 saturated heterocycles. The van der Waals surface area contributed by atoms with Crippen molar-refractivity contribution in [3.63, 3.8) is 0 Å². The molecule has 1 fully saturated rings. The number of piperazine rings is 1. The van der Waals surface area contributed by atoms with E-state index in [2.05, 4.69) is 44.0 Å². The first kappa shape index (κ1) is 23.4. The number of hydrogen-bond donors (Lipinski definition) is 2. The van der Waals surface area contributed by atoms with Crippen molar-refractivity contribution in [2.75, 3.05) is 30.4 Å². The number of halogens is 3. The predicted octanol–water partition coefficient (Wildman–Crippen LogP) is 3.66. The van der Waals surface area contributed by atoms with Crippen LogP contribution in [0.3, 0.4) is 0 Å². The van der Waals surface area contributed by atoms with Crippen LogP contribution in [0.15, 0.2) is 49.4 Å². The van der Waals surface area contributed by atoms with Crippen LogP contribution < -0.4 is 20.3 Å². The minimum atomic E-state index is -4.65. The Hall–Kier alpha value is -3.73. The number of methoxy groups -OCH3 is 1. The van der Waals surface area contributed by atoms with Crippen molar-refractivity contribution in [2.24, 2.45) is 0 Å². The van der Waals surface area contributed by atoms with Crippen LogP contribution in [0, 0.1) is 0 Å². The van der Waals surface area contributed by atoms with Crippen LogP contribution in [0.1, 0.15) is 22.8 Å². The standard InChI is InChI=1S/C23H23F3N6O2/c1-4-14-12-32(11-13(2)29-14)19-6-5-15(20-16(19)9-28-22(31-20)34-3)21(33)30-18-10-27-8-7-17(18)23(24,25)26/h4-10,13-14,29H,1,11-12H2,2-3H3,(H,30,33)/t13-,14+/m1/s1. The van der Waals surface area contributed by atoms with Crippen molar-refractivity contribution >= 4 is 28.2 Å². The van der Waals surface area contributed by atoms with E-state index >= 15 is 0 Å². The summed E-state index contributed by atoms with van der Waals surface area (Å²) < 4.78 is 45.2. The molecule has 4 rings (SSSR count). The van der Waals surface area contributed by atoms with Gasteiger partial charge < -0.3 is 20.3 Å².